The van der Waals surface area contributed by atoms with Gasteiger partial charge in [-0.05, 0) is 31.5 Å². The molecule has 1 N–H and O–H groups in total. The van der Waals surface area contributed by atoms with Crippen LogP contribution < -0.4 is 5.32 Å². The number of nitrogens with zero attached hydrogens (tertiary/aromatic N) is 2. The highest BCUT2D eigenvalue weighted by atomic mass is 16.2. The van der Waals surface area contributed by atoms with E-state index in [0.717, 1.165) is 24.9 Å². The summed E-state index contributed by atoms with van der Waals surface area (Å²) in [7, 11) is 0. The van der Waals surface area contributed by atoms with E-state index in [-0.39, 0.29) is 17.9 Å². The van der Waals surface area contributed by atoms with Gasteiger partial charge in [-0.1, -0.05) is 18.2 Å². The third kappa shape index (κ3) is 3.08. The first-order valence-corrected chi connectivity index (χ1v) is 7.62. The number of rotatable bonds is 2. The molecule has 1 atom stereocenters. The van der Waals surface area contributed by atoms with Gasteiger partial charge in [-0.15, -0.1) is 0 Å². The number of carbonyl (C=O) groups excluding carboxylic acids is 2. The van der Waals surface area contributed by atoms with Gasteiger partial charge < -0.3 is 15.1 Å². The van der Waals surface area contributed by atoms with Crippen molar-refractivity contribution in [2.75, 3.05) is 32.7 Å². The second kappa shape index (κ2) is 6.26. The molecule has 5 nitrogen and oxygen atoms in total. The first-order valence-electron chi connectivity index (χ1n) is 7.62. The van der Waals surface area contributed by atoms with Gasteiger partial charge in [0.05, 0.1) is 6.04 Å². The van der Waals surface area contributed by atoms with Crippen molar-refractivity contribution in [3.63, 3.8) is 0 Å². The molecule has 0 aromatic heterocycles. The van der Waals surface area contributed by atoms with Gasteiger partial charge in [0.1, 0.15) is 0 Å². The largest absolute Gasteiger partial charge is 0.338 e. The van der Waals surface area contributed by atoms with Gasteiger partial charge in [0.2, 0.25) is 5.91 Å². The summed E-state index contributed by atoms with van der Waals surface area (Å²) in [6.45, 7) is 3.44. The summed E-state index contributed by atoms with van der Waals surface area (Å²) in [5, 5.41) is 3.24. The van der Waals surface area contributed by atoms with Crippen molar-refractivity contribution < 1.29 is 9.59 Å². The van der Waals surface area contributed by atoms with Gasteiger partial charge in [-0.3, -0.25) is 9.59 Å². The van der Waals surface area contributed by atoms with Gasteiger partial charge in [0.25, 0.3) is 5.91 Å². The Hall–Kier alpha value is -1.88. The second-order valence-corrected chi connectivity index (χ2v) is 5.63. The van der Waals surface area contributed by atoms with Gasteiger partial charge >= 0.3 is 0 Å². The van der Waals surface area contributed by atoms with Gasteiger partial charge in [0.15, 0.2) is 0 Å². The van der Waals surface area contributed by atoms with Crippen LogP contribution >= 0.6 is 0 Å². The topological polar surface area (TPSA) is 52.7 Å². The maximum absolute atomic E-state index is 12.3. The SMILES string of the molecule is O=C(c1ccccc1)N1CCN(C(=O)[C@H]2CCCN2)CC1. The minimum absolute atomic E-state index is 0.0126. The van der Waals surface area contributed by atoms with Crippen LogP contribution in [0, 0.1) is 0 Å². The number of hydrogen-bond donors (Lipinski definition) is 1. The van der Waals surface area contributed by atoms with Crippen LogP contribution in [0.2, 0.25) is 0 Å². The maximum atomic E-state index is 12.3. The molecule has 2 saturated heterocycles. The molecular weight excluding hydrogens is 266 g/mol. The van der Waals surface area contributed by atoms with Crippen molar-refractivity contribution in [3.8, 4) is 0 Å². The molecule has 2 heterocycles. The minimum Gasteiger partial charge on any atom is -0.338 e. The highest BCUT2D eigenvalue weighted by molar-refractivity contribution is 5.94. The Morgan fingerprint density at radius 2 is 1.67 bits per heavy atom. The molecule has 0 bridgehead atoms. The number of piperazine rings is 1. The fourth-order valence-electron chi connectivity index (χ4n) is 3.01. The molecule has 112 valence electrons. The molecule has 21 heavy (non-hydrogen) atoms. The lowest BCUT2D eigenvalue weighted by Crippen LogP contribution is -2.54. The maximum Gasteiger partial charge on any atom is 0.253 e. The van der Waals surface area contributed by atoms with Gasteiger partial charge in [-0.2, -0.15) is 0 Å². The third-order valence-electron chi connectivity index (χ3n) is 4.26. The Labute approximate surface area is 124 Å². The monoisotopic (exact) mass is 287 g/mol. The van der Waals surface area contributed by atoms with E-state index in [0.29, 0.717) is 26.2 Å². The molecule has 0 radical (unpaired) electrons. The Kier molecular flexibility index (Phi) is 4.20. The predicted octanol–water partition coefficient (Wildman–Crippen LogP) is 0.723. The molecule has 0 unspecified atom stereocenters. The summed E-state index contributed by atoms with van der Waals surface area (Å²) in [6, 6.07) is 9.31. The number of nitrogens with one attached hydrogen (secondary N) is 1. The van der Waals surface area contributed by atoms with Gasteiger partial charge in [-0.25, -0.2) is 0 Å². The van der Waals surface area contributed by atoms with Crippen molar-refractivity contribution in [2.45, 2.75) is 18.9 Å². The average Bonchev–Trinajstić information content (AvgIpc) is 3.09. The summed E-state index contributed by atoms with van der Waals surface area (Å²) in [5.41, 5.74) is 0.717. The lowest BCUT2D eigenvalue weighted by Gasteiger charge is -2.36. The predicted molar refractivity (Wildman–Crippen MR) is 80.0 cm³/mol. The zero-order valence-electron chi connectivity index (χ0n) is 12.1. The number of carbonyl (C=O) groups is 2. The van der Waals surface area contributed by atoms with Crippen LogP contribution in [0.25, 0.3) is 0 Å². The zero-order valence-corrected chi connectivity index (χ0v) is 12.1. The van der Waals surface area contributed by atoms with E-state index in [9.17, 15) is 9.59 Å². The molecule has 2 fully saturated rings. The van der Waals surface area contributed by atoms with E-state index in [1.165, 1.54) is 0 Å². The average molecular weight is 287 g/mol. The standard InChI is InChI=1S/C16H21N3O2/c20-15(13-5-2-1-3-6-13)18-9-11-19(12-10-18)16(21)14-7-4-8-17-14/h1-3,5-6,14,17H,4,7-12H2/t14-/m1/s1. The summed E-state index contributed by atoms with van der Waals surface area (Å²) in [6.07, 6.45) is 2.00. The summed E-state index contributed by atoms with van der Waals surface area (Å²) >= 11 is 0. The summed E-state index contributed by atoms with van der Waals surface area (Å²) < 4.78 is 0. The molecule has 5 heteroatoms. The number of benzene rings is 1. The van der Waals surface area contributed by atoms with Crippen LogP contribution in [0.1, 0.15) is 23.2 Å². The molecule has 2 aliphatic heterocycles. The lowest BCUT2D eigenvalue weighted by molar-refractivity contribution is -0.134. The highest BCUT2D eigenvalue weighted by Crippen LogP contribution is 2.13. The minimum atomic E-state index is -0.0126. The molecule has 0 aliphatic carbocycles. The summed E-state index contributed by atoms with van der Waals surface area (Å²) in [4.78, 5) is 28.4. The molecule has 2 amide bonds. The quantitative estimate of drug-likeness (QED) is 0.872. The Bertz CT molecular complexity index is 504. The van der Waals surface area contributed by atoms with E-state index >= 15 is 0 Å². The van der Waals surface area contributed by atoms with Crippen LogP contribution in [-0.2, 0) is 4.79 Å². The smallest absolute Gasteiger partial charge is 0.253 e. The highest BCUT2D eigenvalue weighted by Gasteiger charge is 2.30. The van der Waals surface area contributed by atoms with Crippen LogP contribution in [0.5, 0.6) is 0 Å². The van der Waals surface area contributed by atoms with Crippen molar-refractivity contribution in [3.05, 3.63) is 35.9 Å². The first-order chi connectivity index (χ1) is 10.3. The molecule has 0 spiro atoms. The van der Waals surface area contributed by atoms with Crippen molar-refractivity contribution in [2.24, 2.45) is 0 Å². The first kappa shape index (κ1) is 14.1. The molecular formula is C16H21N3O2. The van der Waals surface area contributed by atoms with Crippen molar-refractivity contribution in [1.82, 2.24) is 15.1 Å². The van der Waals surface area contributed by atoms with E-state index in [1.54, 1.807) is 0 Å². The second-order valence-electron chi connectivity index (χ2n) is 5.63. The summed E-state index contributed by atoms with van der Waals surface area (Å²) in [5.74, 6) is 0.251. The number of amides is 2. The van der Waals surface area contributed by atoms with E-state index in [4.69, 9.17) is 0 Å². The molecule has 1 aromatic carbocycles. The Morgan fingerprint density at radius 3 is 2.29 bits per heavy atom. The van der Waals surface area contributed by atoms with E-state index < -0.39 is 0 Å². The Balaban J connectivity index is 1.55. The van der Waals surface area contributed by atoms with Gasteiger partial charge in [0, 0.05) is 31.7 Å². The van der Waals surface area contributed by atoms with E-state index in [2.05, 4.69) is 5.32 Å². The van der Waals surface area contributed by atoms with Crippen LogP contribution in [0.15, 0.2) is 30.3 Å². The molecule has 3 rings (SSSR count). The number of hydrogen-bond acceptors (Lipinski definition) is 3. The van der Waals surface area contributed by atoms with Crippen LogP contribution in [-0.4, -0.2) is 60.4 Å². The van der Waals surface area contributed by atoms with Crippen molar-refractivity contribution in [1.29, 1.82) is 0 Å². The fraction of sp³-hybridized carbons (Fsp3) is 0.500. The van der Waals surface area contributed by atoms with E-state index in [1.807, 2.05) is 40.1 Å². The molecule has 1 aromatic rings. The third-order valence-corrected chi connectivity index (χ3v) is 4.26. The normalized spacial score (nSPS) is 22.4. The fourth-order valence-corrected chi connectivity index (χ4v) is 3.01. The zero-order chi connectivity index (χ0) is 14.7. The molecule has 2 aliphatic rings. The lowest BCUT2D eigenvalue weighted by atomic mass is 10.1. The molecule has 0 saturated carbocycles. The van der Waals surface area contributed by atoms with Crippen LogP contribution in [0.3, 0.4) is 0 Å². The van der Waals surface area contributed by atoms with Crippen molar-refractivity contribution >= 4 is 11.8 Å². The van der Waals surface area contributed by atoms with Crippen LogP contribution in [0.4, 0.5) is 0 Å². The Morgan fingerprint density at radius 1 is 1.00 bits per heavy atom.